The number of anilines is 1. The van der Waals surface area contributed by atoms with Crippen LogP contribution in [0.3, 0.4) is 0 Å². The van der Waals surface area contributed by atoms with Crippen molar-refractivity contribution in [2.45, 2.75) is 6.92 Å². The van der Waals surface area contributed by atoms with Crippen molar-refractivity contribution >= 4 is 27.5 Å². The summed E-state index contributed by atoms with van der Waals surface area (Å²) in [6.07, 6.45) is 1.55. The molecule has 5 nitrogen and oxygen atoms in total. The molecule has 3 rings (SSSR count). The van der Waals surface area contributed by atoms with Gasteiger partial charge >= 0.3 is 0 Å². The number of halogens is 1. The lowest BCUT2D eigenvalue weighted by atomic mass is 10.1. The van der Waals surface area contributed by atoms with E-state index in [-0.39, 0.29) is 5.91 Å². The third kappa shape index (κ3) is 4.03. The number of benzene rings is 2. The largest absolute Gasteiger partial charge is 0.497 e. The summed E-state index contributed by atoms with van der Waals surface area (Å²) >= 11 is 3.37. The second-order valence-electron chi connectivity index (χ2n) is 5.38. The van der Waals surface area contributed by atoms with Gasteiger partial charge in [-0.1, -0.05) is 15.9 Å². The smallest absolute Gasteiger partial charge is 0.259 e. The number of amides is 1. The number of hydrogen-bond acceptors (Lipinski definition) is 4. The van der Waals surface area contributed by atoms with Crippen molar-refractivity contribution in [1.82, 2.24) is 9.97 Å². The van der Waals surface area contributed by atoms with Crippen LogP contribution >= 0.6 is 15.9 Å². The number of aryl methyl sites for hydroxylation is 1. The predicted octanol–water partition coefficient (Wildman–Crippen LogP) is 4.48. The Bertz CT molecular complexity index is 894. The minimum Gasteiger partial charge on any atom is -0.497 e. The van der Waals surface area contributed by atoms with Gasteiger partial charge in [0.1, 0.15) is 5.75 Å². The second-order valence-corrected chi connectivity index (χ2v) is 6.30. The molecule has 6 heteroatoms. The maximum Gasteiger partial charge on any atom is 0.259 e. The van der Waals surface area contributed by atoms with Gasteiger partial charge in [-0.25, -0.2) is 9.97 Å². The molecule has 25 heavy (non-hydrogen) atoms. The Morgan fingerprint density at radius 1 is 1.08 bits per heavy atom. The molecule has 0 bridgehead atoms. The van der Waals surface area contributed by atoms with Crippen molar-refractivity contribution in [3.8, 4) is 17.1 Å². The molecule has 0 saturated carbocycles. The topological polar surface area (TPSA) is 64.1 Å². The van der Waals surface area contributed by atoms with E-state index in [2.05, 4.69) is 31.2 Å². The summed E-state index contributed by atoms with van der Waals surface area (Å²) in [5.74, 6) is 1.10. The Hall–Kier alpha value is -2.73. The molecule has 0 fully saturated rings. The lowest BCUT2D eigenvalue weighted by molar-refractivity contribution is 0.102. The first-order valence-corrected chi connectivity index (χ1v) is 8.41. The monoisotopic (exact) mass is 397 g/mol. The Morgan fingerprint density at radius 3 is 2.36 bits per heavy atom. The second kappa shape index (κ2) is 7.44. The molecule has 3 aromatic rings. The third-order valence-electron chi connectivity index (χ3n) is 3.67. The molecule has 1 N–H and O–H groups in total. The van der Waals surface area contributed by atoms with Crippen molar-refractivity contribution < 1.29 is 9.53 Å². The van der Waals surface area contributed by atoms with E-state index in [0.29, 0.717) is 22.8 Å². The van der Waals surface area contributed by atoms with Gasteiger partial charge in [-0.05, 0) is 55.5 Å². The molecule has 126 valence electrons. The standard InChI is InChI=1S/C19H16BrN3O2/c1-12-17(19(24)23-15-7-5-14(20)6-8-15)11-21-18(22-12)13-3-9-16(25-2)10-4-13/h3-11H,1-2H3,(H,23,24). The van der Waals surface area contributed by atoms with E-state index in [9.17, 15) is 4.79 Å². The summed E-state index contributed by atoms with van der Waals surface area (Å²) in [4.78, 5) is 21.2. The number of carbonyl (C=O) groups is 1. The highest BCUT2D eigenvalue weighted by Crippen LogP contribution is 2.21. The highest BCUT2D eigenvalue weighted by atomic mass is 79.9. The molecule has 1 heterocycles. The molecule has 1 aromatic heterocycles. The van der Waals surface area contributed by atoms with E-state index in [0.717, 1.165) is 15.8 Å². The fraction of sp³-hybridized carbons (Fsp3) is 0.105. The molecule has 0 unspecified atom stereocenters. The summed E-state index contributed by atoms with van der Waals surface area (Å²) in [6.45, 7) is 1.80. The number of nitrogens with one attached hydrogen (secondary N) is 1. The fourth-order valence-electron chi connectivity index (χ4n) is 2.30. The lowest BCUT2D eigenvalue weighted by Gasteiger charge is -2.09. The number of methoxy groups -OCH3 is 1. The molecule has 0 spiro atoms. The number of nitrogens with zero attached hydrogens (tertiary/aromatic N) is 2. The molecule has 2 aromatic carbocycles. The van der Waals surface area contributed by atoms with Crippen molar-refractivity contribution in [2.75, 3.05) is 12.4 Å². The normalized spacial score (nSPS) is 10.4. The van der Waals surface area contributed by atoms with Crippen LogP contribution in [0.5, 0.6) is 5.75 Å². The van der Waals surface area contributed by atoms with E-state index < -0.39 is 0 Å². The van der Waals surface area contributed by atoms with Gasteiger partial charge in [-0.2, -0.15) is 0 Å². The van der Waals surface area contributed by atoms with Gasteiger partial charge in [-0.15, -0.1) is 0 Å². The molecule has 0 aliphatic carbocycles. The van der Waals surface area contributed by atoms with Crippen LogP contribution in [-0.4, -0.2) is 23.0 Å². The summed E-state index contributed by atoms with van der Waals surface area (Å²) in [5, 5.41) is 2.84. The van der Waals surface area contributed by atoms with Crippen LogP contribution in [0, 0.1) is 6.92 Å². The molecule has 0 radical (unpaired) electrons. The SMILES string of the molecule is COc1ccc(-c2ncc(C(=O)Nc3ccc(Br)cc3)c(C)n2)cc1. The highest BCUT2D eigenvalue weighted by Gasteiger charge is 2.13. The number of ether oxygens (including phenoxy) is 1. The minimum atomic E-state index is -0.235. The highest BCUT2D eigenvalue weighted by molar-refractivity contribution is 9.10. The molecule has 1 amide bonds. The quantitative estimate of drug-likeness (QED) is 0.704. The van der Waals surface area contributed by atoms with Crippen LogP contribution in [-0.2, 0) is 0 Å². The minimum absolute atomic E-state index is 0.235. The zero-order valence-electron chi connectivity index (χ0n) is 13.8. The summed E-state index contributed by atoms with van der Waals surface area (Å²) in [6, 6.07) is 14.8. The first-order chi connectivity index (χ1) is 12.1. The average molecular weight is 398 g/mol. The van der Waals surface area contributed by atoms with Gasteiger partial charge in [0.25, 0.3) is 5.91 Å². The molecular formula is C19H16BrN3O2. The van der Waals surface area contributed by atoms with E-state index in [1.807, 2.05) is 48.5 Å². The van der Waals surface area contributed by atoms with Crippen molar-refractivity contribution in [1.29, 1.82) is 0 Å². The van der Waals surface area contributed by atoms with Crippen LogP contribution in [0.15, 0.2) is 59.2 Å². The van der Waals surface area contributed by atoms with Crippen LogP contribution < -0.4 is 10.1 Å². The van der Waals surface area contributed by atoms with Gasteiger partial charge < -0.3 is 10.1 Å². The molecular weight excluding hydrogens is 382 g/mol. The van der Waals surface area contributed by atoms with Gasteiger partial charge in [0, 0.05) is 21.9 Å². The van der Waals surface area contributed by atoms with Gasteiger partial charge in [0.15, 0.2) is 5.82 Å². The van der Waals surface area contributed by atoms with Gasteiger partial charge in [0.05, 0.1) is 18.4 Å². The maximum absolute atomic E-state index is 12.4. The Labute approximate surface area is 154 Å². The fourth-order valence-corrected chi connectivity index (χ4v) is 2.57. The first-order valence-electron chi connectivity index (χ1n) is 7.62. The number of aromatic nitrogens is 2. The van der Waals surface area contributed by atoms with Gasteiger partial charge in [0.2, 0.25) is 0 Å². The summed E-state index contributed by atoms with van der Waals surface area (Å²) in [7, 11) is 1.62. The first kappa shape index (κ1) is 17.1. The Kier molecular flexibility index (Phi) is 5.09. The Morgan fingerprint density at radius 2 is 1.76 bits per heavy atom. The number of carbonyl (C=O) groups excluding carboxylic acids is 1. The molecule has 0 aliphatic rings. The van der Waals surface area contributed by atoms with Crippen molar-refractivity contribution in [3.05, 3.63) is 70.5 Å². The van der Waals surface area contributed by atoms with E-state index >= 15 is 0 Å². The predicted molar refractivity (Wildman–Crippen MR) is 101 cm³/mol. The lowest BCUT2D eigenvalue weighted by Crippen LogP contribution is -2.15. The third-order valence-corrected chi connectivity index (χ3v) is 4.20. The number of hydrogen-bond donors (Lipinski definition) is 1. The zero-order valence-corrected chi connectivity index (χ0v) is 15.4. The van der Waals surface area contributed by atoms with Crippen LogP contribution in [0.2, 0.25) is 0 Å². The molecule has 0 atom stereocenters. The summed E-state index contributed by atoms with van der Waals surface area (Å²) in [5.41, 5.74) is 2.64. The van der Waals surface area contributed by atoms with Crippen LogP contribution in [0.25, 0.3) is 11.4 Å². The summed E-state index contributed by atoms with van der Waals surface area (Å²) < 4.78 is 6.10. The Balaban J connectivity index is 1.81. The molecule has 0 aliphatic heterocycles. The van der Waals surface area contributed by atoms with E-state index in [4.69, 9.17) is 4.74 Å². The maximum atomic E-state index is 12.4. The number of rotatable bonds is 4. The zero-order chi connectivity index (χ0) is 17.8. The average Bonchev–Trinajstić information content (AvgIpc) is 2.63. The van der Waals surface area contributed by atoms with E-state index in [1.54, 1.807) is 20.2 Å². The van der Waals surface area contributed by atoms with E-state index in [1.165, 1.54) is 0 Å². The van der Waals surface area contributed by atoms with Gasteiger partial charge in [-0.3, -0.25) is 4.79 Å². The molecule has 0 saturated heterocycles. The van der Waals surface area contributed by atoms with Crippen LogP contribution in [0.4, 0.5) is 5.69 Å². The van der Waals surface area contributed by atoms with Crippen LogP contribution in [0.1, 0.15) is 16.1 Å². The van der Waals surface area contributed by atoms with Crippen molar-refractivity contribution in [2.24, 2.45) is 0 Å². The van der Waals surface area contributed by atoms with Crippen molar-refractivity contribution in [3.63, 3.8) is 0 Å².